The molecule has 3 nitrogen and oxygen atoms in total. The number of hydrogen-bond acceptors (Lipinski definition) is 3. The summed E-state index contributed by atoms with van der Waals surface area (Å²) in [6.45, 7) is 0.114. The van der Waals surface area contributed by atoms with Crippen molar-refractivity contribution in [1.29, 1.82) is 0 Å². The summed E-state index contributed by atoms with van der Waals surface area (Å²) in [7, 11) is 0. The van der Waals surface area contributed by atoms with Gasteiger partial charge in [0, 0.05) is 9.90 Å². The van der Waals surface area contributed by atoms with Crippen LogP contribution in [0.3, 0.4) is 0 Å². The van der Waals surface area contributed by atoms with Gasteiger partial charge in [0.2, 0.25) is 0 Å². The second-order valence-corrected chi connectivity index (χ2v) is 6.19. The van der Waals surface area contributed by atoms with Crippen molar-refractivity contribution in [2.75, 3.05) is 0 Å². The predicted octanol–water partition coefficient (Wildman–Crippen LogP) is 3.92. The molecule has 2 heterocycles. The average molecular weight is 338 g/mol. The van der Waals surface area contributed by atoms with Gasteiger partial charge in [0.15, 0.2) is 0 Å². The van der Waals surface area contributed by atoms with Crippen LogP contribution in [0, 0.1) is 0 Å². The van der Waals surface area contributed by atoms with E-state index in [1.807, 2.05) is 11.4 Å². The van der Waals surface area contributed by atoms with Crippen LogP contribution >= 0.6 is 34.5 Å². The number of halogens is 2. The third-order valence-electron chi connectivity index (χ3n) is 3.17. The molecule has 0 saturated carbocycles. The molecular weight excluding hydrogens is 329 g/mol. The van der Waals surface area contributed by atoms with Gasteiger partial charge in [0.05, 0.1) is 12.1 Å². The minimum absolute atomic E-state index is 0.0329. The minimum Gasteiger partial charge on any atom is -0.269 e. The first kappa shape index (κ1) is 14.3. The molecule has 0 aliphatic carbocycles. The van der Waals surface area contributed by atoms with Crippen LogP contribution in [0.5, 0.6) is 0 Å². The van der Waals surface area contributed by atoms with E-state index in [1.54, 1.807) is 30.3 Å². The number of nitrogens with zero attached hydrogens (tertiary/aromatic N) is 1. The zero-order valence-corrected chi connectivity index (χ0v) is 13.0. The zero-order valence-electron chi connectivity index (χ0n) is 10.7. The highest BCUT2D eigenvalue weighted by Gasteiger charge is 2.38. The Morgan fingerprint density at radius 1 is 1.00 bits per heavy atom. The van der Waals surface area contributed by atoms with E-state index >= 15 is 0 Å². The molecule has 1 aromatic heterocycles. The van der Waals surface area contributed by atoms with Crippen molar-refractivity contribution in [3.05, 3.63) is 62.3 Å². The van der Waals surface area contributed by atoms with Gasteiger partial charge in [0.25, 0.3) is 11.8 Å². The maximum Gasteiger partial charge on any atom is 0.273 e. The lowest BCUT2D eigenvalue weighted by atomic mass is 10.2. The molecule has 1 aromatic carbocycles. The molecule has 1 aliphatic heterocycles. The molecule has 0 fully saturated rings. The number of hydrogen-bond donors (Lipinski definition) is 0. The summed E-state index contributed by atoms with van der Waals surface area (Å²) in [6, 6.07) is 10.7. The van der Waals surface area contributed by atoms with E-state index in [-0.39, 0.29) is 23.1 Å². The van der Waals surface area contributed by atoms with Crippen molar-refractivity contribution in [3.63, 3.8) is 0 Å². The zero-order chi connectivity index (χ0) is 15.0. The molecule has 0 atom stereocenters. The molecule has 1 aliphatic rings. The molecular formula is C15H9Cl2NO2S. The van der Waals surface area contributed by atoms with Gasteiger partial charge in [-0.1, -0.05) is 47.5 Å². The Bertz CT molecular complexity index is 753. The molecule has 0 radical (unpaired) electrons. The summed E-state index contributed by atoms with van der Waals surface area (Å²) in [4.78, 5) is 26.5. The highest BCUT2D eigenvalue weighted by molar-refractivity contribution is 7.11. The van der Waals surface area contributed by atoms with Crippen LogP contribution in [0.25, 0.3) is 5.57 Å². The van der Waals surface area contributed by atoms with Gasteiger partial charge in [-0.3, -0.25) is 14.5 Å². The first-order chi connectivity index (χ1) is 10.1. The second kappa shape index (κ2) is 5.64. The topological polar surface area (TPSA) is 37.4 Å². The van der Waals surface area contributed by atoms with E-state index in [2.05, 4.69) is 0 Å². The number of thiophene rings is 1. The lowest BCUT2D eigenvalue weighted by Crippen LogP contribution is -2.30. The lowest BCUT2D eigenvalue weighted by molar-refractivity contribution is -0.137. The summed E-state index contributed by atoms with van der Waals surface area (Å²) in [5.74, 6) is -0.864. The van der Waals surface area contributed by atoms with E-state index in [9.17, 15) is 9.59 Å². The summed E-state index contributed by atoms with van der Waals surface area (Å²) in [5.41, 5.74) is 0.974. The highest BCUT2D eigenvalue weighted by atomic mass is 35.5. The van der Waals surface area contributed by atoms with E-state index < -0.39 is 5.91 Å². The van der Waals surface area contributed by atoms with E-state index in [4.69, 9.17) is 23.2 Å². The van der Waals surface area contributed by atoms with Crippen LogP contribution < -0.4 is 0 Å². The van der Waals surface area contributed by atoms with E-state index in [0.717, 1.165) is 4.90 Å². The van der Waals surface area contributed by atoms with Gasteiger partial charge in [-0.15, -0.1) is 11.3 Å². The van der Waals surface area contributed by atoms with Gasteiger partial charge >= 0.3 is 0 Å². The third-order valence-corrected chi connectivity index (χ3v) is 4.77. The standard InChI is InChI=1S/C15H9Cl2NO2S/c16-10-5-2-1-4-9(10)8-18-14(19)12(13(17)15(18)20)11-6-3-7-21-11/h1-7H,8H2. The quantitative estimate of drug-likeness (QED) is 0.796. The summed E-state index contributed by atoms with van der Waals surface area (Å²) in [6.07, 6.45) is 0. The Morgan fingerprint density at radius 2 is 1.76 bits per heavy atom. The average Bonchev–Trinajstić information content (AvgIpc) is 3.05. The summed E-state index contributed by atoms with van der Waals surface area (Å²) >= 11 is 13.5. The monoisotopic (exact) mass is 337 g/mol. The van der Waals surface area contributed by atoms with Crippen molar-refractivity contribution in [3.8, 4) is 0 Å². The third kappa shape index (κ3) is 2.50. The predicted molar refractivity (Wildman–Crippen MR) is 84.1 cm³/mol. The van der Waals surface area contributed by atoms with Crippen molar-refractivity contribution < 1.29 is 9.59 Å². The fourth-order valence-electron chi connectivity index (χ4n) is 2.12. The molecule has 3 rings (SSSR count). The molecule has 0 unspecified atom stereocenters. The number of imide groups is 1. The van der Waals surface area contributed by atoms with Crippen LogP contribution in [0.1, 0.15) is 10.4 Å². The molecule has 0 N–H and O–H groups in total. The Labute approximate surface area is 135 Å². The second-order valence-electron chi connectivity index (χ2n) is 4.45. The molecule has 2 amide bonds. The first-order valence-corrected chi connectivity index (χ1v) is 7.76. The molecule has 6 heteroatoms. The number of carbonyl (C=O) groups excluding carboxylic acids is 2. The Hall–Kier alpha value is -1.62. The lowest BCUT2D eigenvalue weighted by Gasteiger charge is -2.15. The number of amides is 2. The SMILES string of the molecule is O=C1C(Cl)=C(c2cccs2)C(=O)N1Cc1ccccc1Cl. The van der Waals surface area contributed by atoms with Gasteiger partial charge in [-0.25, -0.2) is 0 Å². The number of carbonyl (C=O) groups is 2. The van der Waals surface area contributed by atoms with Gasteiger partial charge in [0.1, 0.15) is 5.03 Å². The Balaban J connectivity index is 1.93. The van der Waals surface area contributed by atoms with Crippen LogP contribution in [0.15, 0.2) is 46.8 Å². The summed E-state index contributed by atoms with van der Waals surface area (Å²) < 4.78 is 0. The maximum absolute atomic E-state index is 12.5. The number of benzene rings is 1. The van der Waals surface area contributed by atoms with Crippen LogP contribution in [-0.2, 0) is 16.1 Å². The van der Waals surface area contributed by atoms with Crippen LogP contribution in [0.4, 0.5) is 0 Å². The van der Waals surface area contributed by atoms with Crippen LogP contribution in [0.2, 0.25) is 5.02 Å². The largest absolute Gasteiger partial charge is 0.273 e. The van der Waals surface area contributed by atoms with Gasteiger partial charge in [-0.2, -0.15) is 0 Å². The van der Waals surface area contributed by atoms with E-state index in [0.29, 0.717) is 15.5 Å². The Kier molecular flexibility index (Phi) is 3.85. The van der Waals surface area contributed by atoms with Crippen molar-refractivity contribution in [2.24, 2.45) is 0 Å². The maximum atomic E-state index is 12.5. The fraction of sp³-hybridized carbons (Fsp3) is 0.0667. The molecule has 21 heavy (non-hydrogen) atoms. The highest BCUT2D eigenvalue weighted by Crippen LogP contribution is 2.35. The van der Waals surface area contributed by atoms with Crippen molar-refractivity contribution >= 4 is 51.9 Å². The summed E-state index contributed by atoms with van der Waals surface area (Å²) in [5, 5.41) is 2.31. The van der Waals surface area contributed by atoms with Crippen LogP contribution in [-0.4, -0.2) is 16.7 Å². The molecule has 0 spiro atoms. The van der Waals surface area contributed by atoms with Gasteiger partial charge in [-0.05, 0) is 23.1 Å². The first-order valence-electron chi connectivity index (χ1n) is 6.13. The van der Waals surface area contributed by atoms with E-state index in [1.165, 1.54) is 11.3 Å². The fourth-order valence-corrected chi connectivity index (χ4v) is 3.43. The van der Waals surface area contributed by atoms with Crippen molar-refractivity contribution in [2.45, 2.75) is 6.54 Å². The Morgan fingerprint density at radius 3 is 2.43 bits per heavy atom. The number of rotatable bonds is 3. The molecule has 0 bridgehead atoms. The molecule has 0 saturated heterocycles. The van der Waals surface area contributed by atoms with Crippen molar-refractivity contribution in [1.82, 2.24) is 4.90 Å². The minimum atomic E-state index is -0.481. The normalized spacial score (nSPS) is 15.2. The van der Waals surface area contributed by atoms with Gasteiger partial charge < -0.3 is 0 Å². The molecule has 106 valence electrons. The molecule has 2 aromatic rings. The smallest absolute Gasteiger partial charge is 0.269 e.